The molecule has 1 heterocycles. The first-order valence-corrected chi connectivity index (χ1v) is 5.49. The third-order valence-electron chi connectivity index (χ3n) is 2.39. The molecule has 0 saturated carbocycles. The standard InChI is InChI=1S/C12H13N3O2/c1-2-7-13-11(16)10-8-5-3-4-6-9(8)14-12(17)15-10/h3-6H,2,7H2,1H3,(H,13,16)(H,14,15,17). The largest absolute Gasteiger partial charge is 0.351 e. The number of para-hydroxylation sites is 1. The average Bonchev–Trinajstić information content (AvgIpc) is 2.34. The average molecular weight is 231 g/mol. The number of amides is 1. The summed E-state index contributed by atoms with van der Waals surface area (Å²) in [5.74, 6) is -0.311. The summed E-state index contributed by atoms with van der Waals surface area (Å²) in [4.78, 5) is 29.5. The number of hydrogen-bond donors (Lipinski definition) is 2. The Balaban J connectivity index is 2.52. The number of benzene rings is 1. The Labute approximate surface area is 97.9 Å². The van der Waals surface area contributed by atoms with Gasteiger partial charge in [0.1, 0.15) is 5.69 Å². The van der Waals surface area contributed by atoms with Crippen LogP contribution < -0.4 is 11.0 Å². The van der Waals surface area contributed by atoms with Gasteiger partial charge in [0.25, 0.3) is 5.91 Å². The van der Waals surface area contributed by atoms with Crippen LogP contribution in [0.3, 0.4) is 0 Å². The Hall–Kier alpha value is -2.17. The molecule has 0 radical (unpaired) electrons. The van der Waals surface area contributed by atoms with Gasteiger partial charge in [-0.2, -0.15) is 4.98 Å². The molecule has 2 rings (SSSR count). The van der Waals surface area contributed by atoms with Gasteiger partial charge in [0.05, 0.1) is 5.52 Å². The van der Waals surface area contributed by atoms with Gasteiger partial charge in [-0.05, 0) is 12.5 Å². The van der Waals surface area contributed by atoms with Crippen molar-refractivity contribution in [1.29, 1.82) is 0 Å². The van der Waals surface area contributed by atoms with E-state index in [0.29, 0.717) is 17.4 Å². The van der Waals surface area contributed by atoms with Crippen molar-refractivity contribution >= 4 is 16.8 Å². The van der Waals surface area contributed by atoms with Crippen LogP contribution in [0.1, 0.15) is 23.8 Å². The second kappa shape index (κ2) is 4.78. The molecule has 0 unspecified atom stereocenters. The number of rotatable bonds is 3. The zero-order chi connectivity index (χ0) is 12.3. The summed E-state index contributed by atoms with van der Waals surface area (Å²) >= 11 is 0. The van der Waals surface area contributed by atoms with Crippen molar-refractivity contribution < 1.29 is 4.79 Å². The third kappa shape index (κ3) is 2.33. The van der Waals surface area contributed by atoms with E-state index < -0.39 is 5.69 Å². The molecule has 88 valence electrons. The Bertz CT molecular complexity index is 604. The zero-order valence-corrected chi connectivity index (χ0v) is 9.49. The fraction of sp³-hybridized carbons (Fsp3) is 0.250. The highest BCUT2D eigenvalue weighted by atomic mass is 16.2. The highest BCUT2D eigenvalue weighted by Gasteiger charge is 2.12. The Kier molecular flexibility index (Phi) is 3.18. The van der Waals surface area contributed by atoms with Crippen molar-refractivity contribution in [3.05, 3.63) is 40.4 Å². The first kappa shape index (κ1) is 11.3. The smallest absolute Gasteiger partial charge is 0.346 e. The second-order valence-electron chi connectivity index (χ2n) is 3.69. The minimum atomic E-state index is -0.509. The first-order chi connectivity index (χ1) is 8.22. The van der Waals surface area contributed by atoms with E-state index in [1.165, 1.54) is 0 Å². The summed E-state index contributed by atoms with van der Waals surface area (Å²) in [7, 11) is 0. The molecule has 0 aliphatic rings. The number of nitrogens with one attached hydrogen (secondary N) is 2. The van der Waals surface area contributed by atoms with Gasteiger partial charge < -0.3 is 10.3 Å². The normalized spacial score (nSPS) is 10.4. The molecule has 5 nitrogen and oxygen atoms in total. The molecule has 0 aliphatic carbocycles. The summed E-state index contributed by atoms with van der Waals surface area (Å²) in [6, 6.07) is 7.11. The number of H-pyrrole nitrogens is 1. The molecule has 0 aliphatic heterocycles. The molecule has 1 aromatic heterocycles. The predicted molar refractivity (Wildman–Crippen MR) is 65.0 cm³/mol. The van der Waals surface area contributed by atoms with Crippen LogP contribution in [0.2, 0.25) is 0 Å². The minimum Gasteiger partial charge on any atom is -0.351 e. The van der Waals surface area contributed by atoms with E-state index >= 15 is 0 Å². The molecular weight excluding hydrogens is 218 g/mol. The quantitative estimate of drug-likeness (QED) is 0.829. The lowest BCUT2D eigenvalue weighted by atomic mass is 10.2. The van der Waals surface area contributed by atoms with E-state index in [2.05, 4.69) is 15.3 Å². The fourth-order valence-corrected chi connectivity index (χ4v) is 1.60. The van der Waals surface area contributed by atoms with Crippen molar-refractivity contribution in [1.82, 2.24) is 15.3 Å². The van der Waals surface area contributed by atoms with Crippen LogP contribution in [-0.4, -0.2) is 22.4 Å². The van der Waals surface area contributed by atoms with Crippen LogP contribution in [0.15, 0.2) is 29.1 Å². The fourth-order valence-electron chi connectivity index (χ4n) is 1.60. The maximum atomic E-state index is 11.8. The van der Waals surface area contributed by atoms with E-state index in [1.54, 1.807) is 24.3 Å². The number of aromatic amines is 1. The van der Waals surface area contributed by atoms with Crippen LogP contribution in [0.4, 0.5) is 0 Å². The van der Waals surface area contributed by atoms with Gasteiger partial charge in [-0.1, -0.05) is 25.1 Å². The van der Waals surface area contributed by atoms with E-state index in [4.69, 9.17) is 0 Å². The number of fused-ring (bicyclic) bond motifs is 1. The lowest BCUT2D eigenvalue weighted by molar-refractivity contribution is 0.0950. The van der Waals surface area contributed by atoms with Crippen molar-refractivity contribution in [3.8, 4) is 0 Å². The van der Waals surface area contributed by atoms with Gasteiger partial charge >= 0.3 is 5.69 Å². The molecule has 0 fully saturated rings. The second-order valence-corrected chi connectivity index (χ2v) is 3.69. The number of hydrogen-bond acceptors (Lipinski definition) is 3. The number of carbonyl (C=O) groups is 1. The third-order valence-corrected chi connectivity index (χ3v) is 2.39. The van der Waals surface area contributed by atoms with Gasteiger partial charge in [0.2, 0.25) is 0 Å². The SMILES string of the molecule is CCCNC(=O)c1nc(=O)[nH]c2ccccc12. The molecule has 2 aromatic rings. The predicted octanol–water partition coefficient (Wildman–Crippen LogP) is 1.06. The van der Waals surface area contributed by atoms with E-state index in [0.717, 1.165) is 6.42 Å². The van der Waals surface area contributed by atoms with Crippen LogP contribution in [0.25, 0.3) is 10.9 Å². The van der Waals surface area contributed by atoms with Crippen molar-refractivity contribution in [2.45, 2.75) is 13.3 Å². The van der Waals surface area contributed by atoms with Crippen molar-refractivity contribution in [3.63, 3.8) is 0 Å². The molecule has 0 spiro atoms. The monoisotopic (exact) mass is 231 g/mol. The van der Waals surface area contributed by atoms with Crippen LogP contribution >= 0.6 is 0 Å². The molecule has 1 amide bonds. The van der Waals surface area contributed by atoms with E-state index in [-0.39, 0.29) is 11.6 Å². The van der Waals surface area contributed by atoms with Gasteiger partial charge in [-0.3, -0.25) is 4.79 Å². The van der Waals surface area contributed by atoms with Crippen LogP contribution in [0.5, 0.6) is 0 Å². The molecule has 0 atom stereocenters. The lowest BCUT2D eigenvalue weighted by Gasteiger charge is -2.05. The van der Waals surface area contributed by atoms with Crippen LogP contribution in [-0.2, 0) is 0 Å². The summed E-state index contributed by atoms with van der Waals surface area (Å²) in [6.45, 7) is 2.53. The zero-order valence-electron chi connectivity index (χ0n) is 9.49. The van der Waals surface area contributed by atoms with Gasteiger partial charge in [-0.25, -0.2) is 4.79 Å². The number of nitrogens with zero attached hydrogens (tertiary/aromatic N) is 1. The molecule has 1 aromatic carbocycles. The summed E-state index contributed by atoms with van der Waals surface area (Å²) in [6.07, 6.45) is 0.840. The van der Waals surface area contributed by atoms with Gasteiger partial charge in [0, 0.05) is 11.9 Å². The topological polar surface area (TPSA) is 74.8 Å². The van der Waals surface area contributed by atoms with Crippen molar-refractivity contribution in [2.24, 2.45) is 0 Å². The minimum absolute atomic E-state index is 0.179. The van der Waals surface area contributed by atoms with Crippen molar-refractivity contribution in [2.75, 3.05) is 6.54 Å². The van der Waals surface area contributed by atoms with Gasteiger partial charge in [0.15, 0.2) is 0 Å². The Morgan fingerprint density at radius 1 is 1.41 bits per heavy atom. The van der Waals surface area contributed by atoms with Crippen LogP contribution in [0, 0.1) is 0 Å². The first-order valence-electron chi connectivity index (χ1n) is 5.49. The number of carbonyl (C=O) groups excluding carboxylic acids is 1. The Morgan fingerprint density at radius 3 is 2.94 bits per heavy atom. The highest BCUT2D eigenvalue weighted by Crippen LogP contribution is 2.12. The highest BCUT2D eigenvalue weighted by molar-refractivity contribution is 6.04. The molecule has 0 bridgehead atoms. The van der Waals surface area contributed by atoms with E-state index in [1.807, 2.05) is 6.92 Å². The molecule has 5 heteroatoms. The lowest BCUT2D eigenvalue weighted by Crippen LogP contribution is -2.28. The maximum Gasteiger partial charge on any atom is 0.346 e. The maximum absolute atomic E-state index is 11.8. The summed E-state index contributed by atoms with van der Waals surface area (Å²) < 4.78 is 0. The summed E-state index contributed by atoms with van der Waals surface area (Å²) in [5, 5.41) is 3.37. The molecular formula is C12H13N3O2. The van der Waals surface area contributed by atoms with Gasteiger partial charge in [-0.15, -0.1) is 0 Å². The molecule has 17 heavy (non-hydrogen) atoms. The molecule has 0 saturated heterocycles. The van der Waals surface area contributed by atoms with E-state index in [9.17, 15) is 9.59 Å². The summed E-state index contributed by atoms with van der Waals surface area (Å²) in [5.41, 5.74) is 0.289. The molecule has 2 N–H and O–H groups in total. The number of aromatic nitrogens is 2. The Morgan fingerprint density at radius 2 is 2.18 bits per heavy atom.